The van der Waals surface area contributed by atoms with Crippen LogP contribution in [-0.2, 0) is 6.54 Å². The highest BCUT2D eigenvalue weighted by molar-refractivity contribution is 5.25. The quantitative estimate of drug-likeness (QED) is 0.587. The lowest BCUT2D eigenvalue weighted by atomic mass is 10.3. The number of nitrogens with zero attached hydrogens (tertiary/aromatic N) is 1. The van der Waals surface area contributed by atoms with Crippen molar-refractivity contribution in [3.8, 4) is 5.88 Å². The van der Waals surface area contributed by atoms with Crippen molar-refractivity contribution in [2.24, 2.45) is 0 Å². The fourth-order valence-corrected chi connectivity index (χ4v) is 1.13. The Balaban J connectivity index is 2.33. The molecule has 0 amide bonds. The summed E-state index contributed by atoms with van der Waals surface area (Å²) >= 11 is 0. The third-order valence-corrected chi connectivity index (χ3v) is 1.68. The first-order valence-electron chi connectivity index (χ1n) is 3.74. The summed E-state index contributed by atoms with van der Waals surface area (Å²) in [6.45, 7) is 2.48. The molecule has 0 bridgehead atoms. The molecule has 58 valence electrons. The van der Waals surface area contributed by atoms with E-state index in [1.54, 1.807) is 6.20 Å². The first-order chi connectivity index (χ1) is 5.47. The molecule has 1 N–H and O–H groups in total. The van der Waals surface area contributed by atoms with Crippen LogP contribution in [0.2, 0.25) is 0 Å². The van der Waals surface area contributed by atoms with Crippen LogP contribution in [-0.4, -0.2) is 18.1 Å². The van der Waals surface area contributed by atoms with E-state index in [1.807, 2.05) is 12.1 Å². The van der Waals surface area contributed by atoms with E-state index in [-0.39, 0.29) is 0 Å². The van der Waals surface area contributed by atoms with Gasteiger partial charge < -0.3 is 10.1 Å². The summed E-state index contributed by atoms with van der Waals surface area (Å²) in [6.07, 6.45) is 1.75. The second-order valence-corrected chi connectivity index (χ2v) is 2.49. The summed E-state index contributed by atoms with van der Waals surface area (Å²) in [7, 11) is 0. The van der Waals surface area contributed by atoms with Gasteiger partial charge in [-0.3, -0.25) is 0 Å². The third-order valence-electron chi connectivity index (χ3n) is 1.68. The SMILES string of the molecule is c1cnc2c(c1)CNCCO2. The molecule has 0 radical (unpaired) electrons. The van der Waals surface area contributed by atoms with Crippen LogP contribution in [0, 0.1) is 0 Å². The van der Waals surface area contributed by atoms with Gasteiger partial charge in [0, 0.05) is 24.8 Å². The summed E-state index contributed by atoms with van der Waals surface area (Å²) in [5, 5.41) is 3.24. The lowest BCUT2D eigenvalue weighted by Crippen LogP contribution is -2.16. The third kappa shape index (κ3) is 1.33. The molecule has 11 heavy (non-hydrogen) atoms. The van der Waals surface area contributed by atoms with Crippen molar-refractivity contribution in [1.29, 1.82) is 0 Å². The Kier molecular flexibility index (Phi) is 1.73. The maximum absolute atomic E-state index is 5.37. The Morgan fingerprint density at radius 1 is 1.55 bits per heavy atom. The highest BCUT2D eigenvalue weighted by Crippen LogP contribution is 2.14. The summed E-state index contributed by atoms with van der Waals surface area (Å²) in [4.78, 5) is 4.12. The summed E-state index contributed by atoms with van der Waals surface area (Å²) in [5.74, 6) is 0.775. The smallest absolute Gasteiger partial charge is 0.217 e. The number of ether oxygens (including phenoxy) is 1. The molecule has 0 aromatic carbocycles. The molecule has 1 aliphatic rings. The van der Waals surface area contributed by atoms with Crippen LogP contribution in [0.4, 0.5) is 0 Å². The van der Waals surface area contributed by atoms with Crippen molar-refractivity contribution in [3.05, 3.63) is 23.9 Å². The van der Waals surface area contributed by atoms with Crippen molar-refractivity contribution < 1.29 is 4.74 Å². The van der Waals surface area contributed by atoms with Gasteiger partial charge in [-0.1, -0.05) is 6.07 Å². The van der Waals surface area contributed by atoms with E-state index in [2.05, 4.69) is 10.3 Å². The van der Waals surface area contributed by atoms with Gasteiger partial charge in [-0.25, -0.2) is 4.98 Å². The van der Waals surface area contributed by atoms with Crippen LogP contribution < -0.4 is 10.1 Å². The fraction of sp³-hybridized carbons (Fsp3) is 0.375. The molecule has 2 heterocycles. The van der Waals surface area contributed by atoms with Crippen LogP contribution in [0.15, 0.2) is 18.3 Å². The van der Waals surface area contributed by atoms with Crippen molar-refractivity contribution in [2.75, 3.05) is 13.2 Å². The average Bonchev–Trinajstić information content (AvgIpc) is 2.28. The van der Waals surface area contributed by atoms with Crippen molar-refractivity contribution in [2.45, 2.75) is 6.54 Å². The predicted molar refractivity (Wildman–Crippen MR) is 41.4 cm³/mol. The normalized spacial score (nSPS) is 16.4. The van der Waals surface area contributed by atoms with E-state index in [0.717, 1.165) is 24.5 Å². The van der Waals surface area contributed by atoms with Gasteiger partial charge in [0.2, 0.25) is 5.88 Å². The molecule has 3 nitrogen and oxygen atoms in total. The minimum Gasteiger partial charge on any atom is -0.476 e. The van der Waals surface area contributed by atoms with E-state index in [4.69, 9.17) is 4.74 Å². The Morgan fingerprint density at radius 2 is 2.55 bits per heavy atom. The van der Waals surface area contributed by atoms with E-state index in [1.165, 1.54) is 0 Å². The molecule has 2 rings (SSSR count). The standard InChI is InChI=1S/C8H10N2O/c1-2-7-6-9-4-5-11-8(7)10-3-1/h1-3,9H,4-6H2. The minimum atomic E-state index is 0.712. The van der Waals surface area contributed by atoms with Crippen LogP contribution in [0.5, 0.6) is 5.88 Å². The van der Waals surface area contributed by atoms with Gasteiger partial charge in [0.25, 0.3) is 0 Å². The molecule has 0 aliphatic carbocycles. The van der Waals surface area contributed by atoms with Gasteiger partial charge >= 0.3 is 0 Å². The predicted octanol–water partition coefficient (Wildman–Crippen LogP) is 0.564. The van der Waals surface area contributed by atoms with Gasteiger partial charge in [-0.15, -0.1) is 0 Å². The zero-order chi connectivity index (χ0) is 7.52. The molecule has 1 aromatic rings. The molecule has 0 spiro atoms. The second-order valence-electron chi connectivity index (χ2n) is 2.49. The lowest BCUT2D eigenvalue weighted by Gasteiger charge is -2.02. The topological polar surface area (TPSA) is 34.2 Å². The second kappa shape index (κ2) is 2.88. The number of fused-ring (bicyclic) bond motifs is 1. The van der Waals surface area contributed by atoms with Gasteiger partial charge in [0.05, 0.1) is 0 Å². The number of hydrogen-bond donors (Lipinski definition) is 1. The Morgan fingerprint density at radius 3 is 3.55 bits per heavy atom. The lowest BCUT2D eigenvalue weighted by molar-refractivity contribution is 0.314. The van der Waals surface area contributed by atoms with Crippen LogP contribution >= 0.6 is 0 Å². The molecule has 1 aliphatic heterocycles. The van der Waals surface area contributed by atoms with Crippen LogP contribution in [0.1, 0.15) is 5.56 Å². The Bertz CT molecular complexity index is 225. The number of pyridine rings is 1. The Labute approximate surface area is 65.4 Å². The number of rotatable bonds is 0. The summed E-state index contributed by atoms with van der Waals surface area (Å²) in [5.41, 5.74) is 1.14. The van der Waals surface area contributed by atoms with Gasteiger partial charge in [-0.05, 0) is 6.07 Å². The largest absolute Gasteiger partial charge is 0.476 e. The summed E-state index contributed by atoms with van der Waals surface area (Å²) in [6, 6.07) is 3.95. The summed E-state index contributed by atoms with van der Waals surface area (Å²) < 4.78 is 5.37. The molecular formula is C8H10N2O. The van der Waals surface area contributed by atoms with Crippen molar-refractivity contribution in [1.82, 2.24) is 10.3 Å². The minimum absolute atomic E-state index is 0.712. The van der Waals surface area contributed by atoms with Gasteiger partial charge in [0.15, 0.2) is 0 Å². The monoisotopic (exact) mass is 150 g/mol. The number of aromatic nitrogens is 1. The molecule has 0 fully saturated rings. The number of nitrogens with one attached hydrogen (secondary N) is 1. The van der Waals surface area contributed by atoms with Gasteiger partial charge in [0.1, 0.15) is 6.61 Å². The molecule has 0 saturated heterocycles. The Hall–Kier alpha value is -1.09. The maximum Gasteiger partial charge on any atom is 0.217 e. The van der Waals surface area contributed by atoms with Crippen LogP contribution in [0.25, 0.3) is 0 Å². The van der Waals surface area contributed by atoms with E-state index in [9.17, 15) is 0 Å². The highest BCUT2D eigenvalue weighted by atomic mass is 16.5. The average molecular weight is 150 g/mol. The first-order valence-corrected chi connectivity index (χ1v) is 3.74. The van der Waals surface area contributed by atoms with Crippen LogP contribution in [0.3, 0.4) is 0 Å². The molecular weight excluding hydrogens is 140 g/mol. The first kappa shape index (κ1) is 6.61. The zero-order valence-electron chi connectivity index (χ0n) is 6.21. The van der Waals surface area contributed by atoms with Crippen molar-refractivity contribution in [3.63, 3.8) is 0 Å². The van der Waals surface area contributed by atoms with Gasteiger partial charge in [-0.2, -0.15) is 0 Å². The molecule has 0 saturated carbocycles. The molecule has 1 aromatic heterocycles. The zero-order valence-corrected chi connectivity index (χ0v) is 6.21. The molecule has 3 heteroatoms. The van der Waals surface area contributed by atoms with Crippen molar-refractivity contribution >= 4 is 0 Å². The van der Waals surface area contributed by atoms with E-state index >= 15 is 0 Å². The molecule has 0 unspecified atom stereocenters. The maximum atomic E-state index is 5.37. The van der Waals surface area contributed by atoms with E-state index < -0.39 is 0 Å². The fourth-order valence-electron chi connectivity index (χ4n) is 1.13. The van der Waals surface area contributed by atoms with E-state index in [0.29, 0.717) is 6.61 Å². The molecule has 0 atom stereocenters. The highest BCUT2D eigenvalue weighted by Gasteiger charge is 2.06. The number of hydrogen-bond acceptors (Lipinski definition) is 3.